The number of piperidine rings is 1. The number of β-amino-alcohol motifs (C(OH)–C–C–N with tert-alkyl or cyclic N) is 1. The molecule has 3 N–H and O–H groups in total. The fourth-order valence-electron chi connectivity index (χ4n) is 6.97. The number of aliphatic hydroxyl groups is 1. The summed E-state index contributed by atoms with van der Waals surface area (Å²) in [7, 11) is 0. The number of nitrogens with one attached hydrogen (secondary N) is 1. The minimum absolute atomic E-state index is 0.0206. The topological polar surface area (TPSA) is 126 Å². The SMILES string of the molecule is O=C(O[C@H](Cc1cc(Cl)c(O)c(Cl)c1)C(=O)N1CCC(N2CCC(O)C2)C1)N1CCC(N2CCc3ccccc3NC2=O)CC1. The molecule has 3 atom stereocenters. The van der Waals surface area contributed by atoms with E-state index in [9.17, 15) is 24.6 Å². The molecular weight excluding hydrogens is 621 g/mol. The number of aromatic hydroxyl groups is 1. The molecule has 4 amide bonds. The number of carbonyl (C=O) groups excluding carboxylic acids is 3. The van der Waals surface area contributed by atoms with Crippen molar-refractivity contribution in [3.05, 3.63) is 57.6 Å². The van der Waals surface area contributed by atoms with Crippen LogP contribution in [0.4, 0.5) is 15.3 Å². The molecule has 4 heterocycles. The normalized spacial score (nSPS) is 23.4. The van der Waals surface area contributed by atoms with Gasteiger partial charge in [0.1, 0.15) is 0 Å². The molecule has 3 saturated heterocycles. The van der Waals surface area contributed by atoms with E-state index in [2.05, 4.69) is 10.2 Å². The van der Waals surface area contributed by atoms with Gasteiger partial charge < -0.3 is 35.0 Å². The van der Waals surface area contributed by atoms with Crippen molar-refractivity contribution in [1.82, 2.24) is 19.6 Å². The standard InChI is InChI=1S/C32H39Cl2N5O6/c33-25-15-20(16-26(34)29(25)41)17-28(30(42)38-12-8-23(18-38)37-13-9-24(40)19-37)45-32(44)36-10-6-22(7-11-36)39-14-5-21-3-1-2-4-27(21)35-31(39)43/h1-4,15-16,22-24,28,40-41H,5-14,17-19H2,(H,35,43)/t23?,24?,28-/m1/s1. The average Bonchev–Trinajstić information content (AvgIpc) is 3.66. The molecular formula is C32H39Cl2N5O6. The number of ether oxygens (including phenoxy) is 1. The van der Waals surface area contributed by atoms with E-state index in [1.807, 2.05) is 29.2 Å². The Labute approximate surface area is 272 Å². The summed E-state index contributed by atoms with van der Waals surface area (Å²) < 4.78 is 5.92. The lowest BCUT2D eigenvalue weighted by Crippen LogP contribution is -2.51. The highest BCUT2D eigenvalue weighted by Crippen LogP contribution is 2.34. The first kappa shape index (κ1) is 31.7. The number of urea groups is 1. The zero-order chi connectivity index (χ0) is 31.7. The summed E-state index contributed by atoms with van der Waals surface area (Å²) >= 11 is 12.3. The molecule has 242 valence electrons. The molecule has 3 fully saturated rings. The molecule has 45 heavy (non-hydrogen) atoms. The Morgan fingerprint density at radius 2 is 1.62 bits per heavy atom. The third kappa shape index (κ3) is 7.11. The van der Waals surface area contributed by atoms with Gasteiger partial charge in [-0.15, -0.1) is 0 Å². The number of likely N-dealkylation sites (tertiary alicyclic amines) is 3. The first-order chi connectivity index (χ1) is 21.7. The molecule has 6 rings (SSSR count). The molecule has 2 aromatic rings. The van der Waals surface area contributed by atoms with Crippen molar-refractivity contribution in [2.24, 2.45) is 0 Å². The van der Waals surface area contributed by atoms with Crippen molar-refractivity contribution >= 4 is 46.9 Å². The second-order valence-corrected chi connectivity index (χ2v) is 13.2. The van der Waals surface area contributed by atoms with Crippen molar-refractivity contribution in [3.63, 3.8) is 0 Å². The van der Waals surface area contributed by atoms with Gasteiger partial charge in [-0.05, 0) is 61.4 Å². The Morgan fingerprint density at radius 1 is 0.933 bits per heavy atom. The number of anilines is 1. The molecule has 4 aliphatic rings. The summed E-state index contributed by atoms with van der Waals surface area (Å²) in [6.45, 7) is 3.77. The van der Waals surface area contributed by atoms with Crippen LogP contribution in [-0.4, -0.2) is 118 Å². The van der Waals surface area contributed by atoms with Crippen LogP contribution in [0.5, 0.6) is 5.75 Å². The van der Waals surface area contributed by atoms with E-state index in [1.165, 1.54) is 12.1 Å². The number of aliphatic hydroxyl groups excluding tert-OH is 1. The molecule has 0 aliphatic carbocycles. The highest BCUT2D eigenvalue weighted by Gasteiger charge is 2.39. The Balaban J connectivity index is 1.10. The molecule has 0 radical (unpaired) electrons. The van der Waals surface area contributed by atoms with Gasteiger partial charge in [-0.3, -0.25) is 9.69 Å². The van der Waals surface area contributed by atoms with Crippen molar-refractivity contribution in [2.45, 2.75) is 62.8 Å². The minimum Gasteiger partial charge on any atom is -0.505 e. The van der Waals surface area contributed by atoms with E-state index in [-0.39, 0.29) is 52.3 Å². The maximum absolute atomic E-state index is 13.8. The van der Waals surface area contributed by atoms with Crippen LogP contribution in [0.25, 0.3) is 0 Å². The first-order valence-electron chi connectivity index (χ1n) is 15.6. The summed E-state index contributed by atoms with van der Waals surface area (Å²) in [4.78, 5) is 47.7. The number of amides is 4. The lowest BCUT2D eigenvalue weighted by molar-refractivity contribution is -0.140. The van der Waals surface area contributed by atoms with Crippen LogP contribution in [-0.2, 0) is 22.4 Å². The number of hydrogen-bond donors (Lipinski definition) is 3. The van der Waals surface area contributed by atoms with Crippen molar-refractivity contribution in [3.8, 4) is 5.75 Å². The van der Waals surface area contributed by atoms with Crippen LogP contribution in [0, 0.1) is 0 Å². The lowest BCUT2D eigenvalue weighted by atomic mass is 10.0. The highest BCUT2D eigenvalue weighted by molar-refractivity contribution is 6.37. The van der Waals surface area contributed by atoms with Gasteiger partial charge in [0.25, 0.3) is 5.91 Å². The maximum Gasteiger partial charge on any atom is 0.410 e. The van der Waals surface area contributed by atoms with Crippen LogP contribution in [0.1, 0.15) is 36.8 Å². The summed E-state index contributed by atoms with van der Waals surface area (Å²) in [5.74, 6) is -0.552. The summed E-state index contributed by atoms with van der Waals surface area (Å²) in [6.07, 6.45) is 1.42. The number of halogens is 2. The number of benzene rings is 2. The van der Waals surface area contributed by atoms with E-state index < -0.39 is 12.2 Å². The molecule has 2 unspecified atom stereocenters. The molecule has 0 saturated carbocycles. The van der Waals surface area contributed by atoms with Gasteiger partial charge in [-0.2, -0.15) is 0 Å². The van der Waals surface area contributed by atoms with E-state index in [4.69, 9.17) is 27.9 Å². The van der Waals surface area contributed by atoms with E-state index in [0.717, 1.165) is 37.1 Å². The van der Waals surface area contributed by atoms with E-state index in [0.29, 0.717) is 57.7 Å². The summed E-state index contributed by atoms with van der Waals surface area (Å²) in [5.41, 5.74) is 2.49. The van der Waals surface area contributed by atoms with Crippen LogP contribution in [0.2, 0.25) is 10.0 Å². The second kappa shape index (κ2) is 13.6. The average molecular weight is 661 g/mol. The molecule has 4 aliphatic heterocycles. The quantitative estimate of drug-likeness (QED) is 0.429. The van der Waals surface area contributed by atoms with Gasteiger partial charge in [-0.25, -0.2) is 9.59 Å². The lowest BCUT2D eigenvalue weighted by Gasteiger charge is -2.38. The maximum atomic E-state index is 13.8. The van der Waals surface area contributed by atoms with E-state index in [1.54, 1.807) is 9.80 Å². The molecule has 0 bridgehead atoms. The Morgan fingerprint density at radius 3 is 2.33 bits per heavy atom. The fraction of sp³-hybridized carbons (Fsp3) is 0.531. The zero-order valence-electron chi connectivity index (χ0n) is 25.0. The first-order valence-corrected chi connectivity index (χ1v) is 16.4. The third-order valence-electron chi connectivity index (χ3n) is 9.51. The van der Waals surface area contributed by atoms with Gasteiger partial charge in [0, 0.05) is 70.0 Å². The van der Waals surface area contributed by atoms with Crippen molar-refractivity contribution < 1.29 is 29.3 Å². The van der Waals surface area contributed by atoms with Crippen molar-refractivity contribution in [2.75, 3.05) is 51.1 Å². The number of phenolic OH excluding ortho intramolecular Hbond substituents is 1. The van der Waals surface area contributed by atoms with Crippen LogP contribution in [0.15, 0.2) is 36.4 Å². The fourth-order valence-corrected chi connectivity index (χ4v) is 7.50. The Bertz CT molecular complexity index is 1410. The predicted octanol–water partition coefficient (Wildman–Crippen LogP) is 3.97. The summed E-state index contributed by atoms with van der Waals surface area (Å²) in [6, 6.07) is 10.8. The molecule has 11 nitrogen and oxygen atoms in total. The predicted molar refractivity (Wildman–Crippen MR) is 170 cm³/mol. The number of rotatable bonds is 6. The van der Waals surface area contributed by atoms with Crippen LogP contribution in [0.3, 0.4) is 0 Å². The smallest absolute Gasteiger partial charge is 0.410 e. The molecule has 2 aromatic carbocycles. The van der Waals surface area contributed by atoms with E-state index >= 15 is 0 Å². The monoisotopic (exact) mass is 659 g/mol. The Kier molecular flexibility index (Phi) is 9.60. The van der Waals surface area contributed by atoms with Gasteiger partial charge in [0.15, 0.2) is 11.9 Å². The Hall–Kier alpha value is -3.25. The largest absolute Gasteiger partial charge is 0.505 e. The second-order valence-electron chi connectivity index (χ2n) is 12.4. The number of nitrogens with zero attached hydrogens (tertiary/aromatic N) is 4. The van der Waals surface area contributed by atoms with Gasteiger partial charge in [-0.1, -0.05) is 41.4 Å². The zero-order valence-corrected chi connectivity index (χ0v) is 26.5. The number of phenols is 1. The molecule has 13 heteroatoms. The van der Waals surface area contributed by atoms with Crippen LogP contribution >= 0.6 is 23.2 Å². The van der Waals surface area contributed by atoms with Gasteiger partial charge in [0.2, 0.25) is 0 Å². The summed E-state index contributed by atoms with van der Waals surface area (Å²) in [5, 5.41) is 23.1. The van der Waals surface area contributed by atoms with Gasteiger partial charge >= 0.3 is 12.1 Å². The third-order valence-corrected chi connectivity index (χ3v) is 10.1. The highest BCUT2D eigenvalue weighted by atomic mass is 35.5. The number of hydrogen-bond acceptors (Lipinski definition) is 7. The van der Waals surface area contributed by atoms with Gasteiger partial charge in [0.05, 0.1) is 16.1 Å². The molecule has 0 spiro atoms. The molecule has 0 aromatic heterocycles. The number of para-hydroxylation sites is 1. The van der Waals surface area contributed by atoms with Crippen LogP contribution < -0.4 is 5.32 Å². The number of carbonyl (C=O) groups is 3. The minimum atomic E-state index is -1.12. The van der Waals surface area contributed by atoms with Crippen molar-refractivity contribution in [1.29, 1.82) is 0 Å². The number of fused-ring (bicyclic) bond motifs is 1.